The lowest BCUT2D eigenvalue weighted by Gasteiger charge is -2.30. The first-order valence-electron chi connectivity index (χ1n) is 9.60. The van der Waals surface area contributed by atoms with Gasteiger partial charge in [-0.1, -0.05) is 18.2 Å². The van der Waals surface area contributed by atoms with E-state index in [1.165, 1.54) is 28.6 Å². The molecule has 2 aromatic carbocycles. The summed E-state index contributed by atoms with van der Waals surface area (Å²) in [5.41, 5.74) is 7.31. The normalized spacial score (nSPS) is 15.7. The monoisotopic (exact) mass is 433 g/mol. The molecule has 0 spiro atoms. The number of hydrogen-bond donors (Lipinski definition) is 2. The molecule has 2 amide bonds. The molecule has 30 heavy (non-hydrogen) atoms. The minimum Gasteiger partial charge on any atom is -0.366 e. The van der Waals surface area contributed by atoms with Crippen molar-refractivity contribution in [2.75, 3.05) is 18.4 Å². The molecular weight excluding hydrogens is 409 g/mol. The van der Waals surface area contributed by atoms with Crippen molar-refractivity contribution in [3.05, 3.63) is 65.0 Å². The number of hydrogen-bond acceptors (Lipinski definition) is 4. The van der Waals surface area contributed by atoms with E-state index in [9.17, 15) is 22.4 Å². The van der Waals surface area contributed by atoms with Crippen LogP contribution < -0.4 is 11.1 Å². The van der Waals surface area contributed by atoms with Gasteiger partial charge in [0.2, 0.25) is 21.8 Å². The highest BCUT2D eigenvalue weighted by atomic mass is 32.2. The van der Waals surface area contributed by atoms with E-state index in [-0.39, 0.29) is 30.7 Å². The predicted molar refractivity (Wildman–Crippen MR) is 112 cm³/mol. The standard InChI is InChI=1S/C21H24FN3O4S/c1-14-18(20(23)26)3-2-4-19(14)24-21(27)16-9-11-25(12-10-16)30(28,29)13-15-5-7-17(22)8-6-15/h2-8,16H,9-13H2,1H3,(H2,23,26)(H,24,27). The second-order valence-corrected chi connectivity index (χ2v) is 9.36. The molecule has 1 saturated heterocycles. The van der Waals surface area contributed by atoms with Gasteiger partial charge in [0, 0.05) is 30.3 Å². The Morgan fingerprint density at radius 3 is 2.37 bits per heavy atom. The average molecular weight is 434 g/mol. The molecule has 0 aromatic heterocycles. The number of carbonyl (C=O) groups is 2. The van der Waals surface area contributed by atoms with E-state index in [1.807, 2.05) is 0 Å². The van der Waals surface area contributed by atoms with Crippen molar-refractivity contribution in [2.45, 2.75) is 25.5 Å². The van der Waals surface area contributed by atoms with Crippen LogP contribution in [0.3, 0.4) is 0 Å². The number of benzene rings is 2. The van der Waals surface area contributed by atoms with E-state index in [1.54, 1.807) is 25.1 Å². The summed E-state index contributed by atoms with van der Waals surface area (Å²) in [5.74, 6) is -1.74. The average Bonchev–Trinajstić information content (AvgIpc) is 2.71. The van der Waals surface area contributed by atoms with Crippen LogP contribution in [0.2, 0.25) is 0 Å². The Morgan fingerprint density at radius 2 is 1.77 bits per heavy atom. The highest BCUT2D eigenvalue weighted by Crippen LogP contribution is 2.25. The fourth-order valence-electron chi connectivity index (χ4n) is 3.55. The van der Waals surface area contributed by atoms with Crippen molar-refractivity contribution in [1.82, 2.24) is 4.31 Å². The quantitative estimate of drug-likeness (QED) is 0.729. The van der Waals surface area contributed by atoms with Gasteiger partial charge >= 0.3 is 0 Å². The van der Waals surface area contributed by atoms with Gasteiger partial charge in [0.15, 0.2) is 0 Å². The van der Waals surface area contributed by atoms with Crippen LogP contribution in [0.5, 0.6) is 0 Å². The number of piperidine rings is 1. The molecular formula is C21H24FN3O4S. The third-order valence-corrected chi connectivity index (χ3v) is 7.19. The highest BCUT2D eigenvalue weighted by Gasteiger charge is 2.31. The number of halogens is 1. The topological polar surface area (TPSA) is 110 Å². The molecule has 160 valence electrons. The Balaban J connectivity index is 1.60. The number of nitrogens with two attached hydrogens (primary N) is 1. The molecule has 7 nitrogen and oxygen atoms in total. The molecule has 9 heteroatoms. The first-order valence-corrected chi connectivity index (χ1v) is 11.2. The van der Waals surface area contributed by atoms with Crippen molar-refractivity contribution in [2.24, 2.45) is 11.7 Å². The van der Waals surface area contributed by atoms with Gasteiger partial charge in [0.25, 0.3) is 0 Å². The van der Waals surface area contributed by atoms with E-state index in [0.717, 1.165) is 0 Å². The van der Waals surface area contributed by atoms with E-state index in [4.69, 9.17) is 5.73 Å². The number of anilines is 1. The van der Waals surface area contributed by atoms with Crippen molar-refractivity contribution in [1.29, 1.82) is 0 Å². The highest BCUT2D eigenvalue weighted by molar-refractivity contribution is 7.88. The SMILES string of the molecule is Cc1c(NC(=O)C2CCN(S(=O)(=O)Cc3ccc(F)cc3)CC2)cccc1C(N)=O. The maximum atomic E-state index is 13.0. The summed E-state index contributed by atoms with van der Waals surface area (Å²) in [7, 11) is -3.55. The van der Waals surface area contributed by atoms with Gasteiger partial charge in [-0.05, 0) is 55.2 Å². The predicted octanol–water partition coefficient (Wildman–Crippen LogP) is 2.41. The molecule has 0 aliphatic carbocycles. The summed E-state index contributed by atoms with van der Waals surface area (Å²) in [6, 6.07) is 10.3. The lowest BCUT2D eigenvalue weighted by Crippen LogP contribution is -2.42. The summed E-state index contributed by atoms with van der Waals surface area (Å²) in [5, 5.41) is 2.82. The number of sulfonamides is 1. The fraction of sp³-hybridized carbons (Fsp3) is 0.333. The van der Waals surface area contributed by atoms with Gasteiger partial charge in [-0.2, -0.15) is 0 Å². The molecule has 3 N–H and O–H groups in total. The Bertz CT molecular complexity index is 1050. The zero-order chi connectivity index (χ0) is 21.9. The van der Waals surface area contributed by atoms with Gasteiger partial charge in [-0.3, -0.25) is 9.59 Å². The van der Waals surface area contributed by atoms with Crippen molar-refractivity contribution >= 4 is 27.5 Å². The minimum absolute atomic E-state index is 0.205. The van der Waals surface area contributed by atoms with Crippen molar-refractivity contribution < 1.29 is 22.4 Å². The van der Waals surface area contributed by atoms with Gasteiger partial charge in [-0.15, -0.1) is 0 Å². The van der Waals surface area contributed by atoms with Gasteiger partial charge in [0.05, 0.1) is 5.75 Å². The second-order valence-electron chi connectivity index (χ2n) is 7.39. The van der Waals surface area contributed by atoms with E-state index in [0.29, 0.717) is 35.2 Å². The van der Waals surface area contributed by atoms with Crippen LogP contribution in [-0.2, 0) is 20.6 Å². The molecule has 3 rings (SSSR count). The van der Waals surface area contributed by atoms with Crippen LogP contribution in [0.4, 0.5) is 10.1 Å². The van der Waals surface area contributed by atoms with Gasteiger partial charge in [-0.25, -0.2) is 17.1 Å². The number of nitrogens with zero attached hydrogens (tertiary/aromatic N) is 1. The number of amides is 2. The van der Waals surface area contributed by atoms with E-state index < -0.39 is 21.7 Å². The Labute approximate surface area is 175 Å². The number of carbonyl (C=O) groups excluding carboxylic acids is 2. The van der Waals surface area contributed by atoms with E-state index >= 15 is 0 Å². The number of rotatable bonds is 6. The molecule has 0 atom stereocenters. The largest absolute Gasteiger partial charge is 0.366 e. The zero-order valence-electron chi connectivity index (χ0n) is 16.6. The molecule has 2 aromatic rings. The summed E-state index contributed by atoms with van der Waals surface area (Å²) in [6.07, 6.45) is 0.784. The van der Waals surface area contributed by atoms with E-state index in [2.05, 4.69) is 5.32 Å². The van der Waals surface area contributed by atoms with Crippen LogP contribution >= 0.6 is 0 Å². The molecule has 1 aliphatic heterocycles. The Morgan fingerprint density at radius 1 is 1.13 bits per heavy atom. The third-order valence-electron chi connectivity index (χ3n) is 5.34. The van der Waals surface area contributed by atoms with Crippen LogP contribution in [0.1, 0.15) is 34.3 Å². The summed E-state index contributed by atoms with van der Waals surface area (Å²) in [4.78, 5) is 24.1. The molecule has 1 heterocycles. The lowest BCUT2D eigenvalue weighted by molar-refractivity contribution is -0.120. The molecule has 0 radical (unpaired) electrons. The molecule has 1 aliphatic rings. The number of nitrogens with one attached hydrogen (secondary N) is 1. The first-order chi connectivity index (χ1) is 14.2. The lowest BCUT2D eigenvalue weighted by atomic mass is 9.96. The molecule has 0 bridgehead atoms. The van der Waals surface area contributed by atoms with Crippen molar-refractivity contribution in [3.63, 3.8) is 0 Å². The smallest absolute Gasteiger partial charge is 0.249 e. The summed E-state index contributed by atoms with van der Waals surface area (Å²) >= 11 is 0. The van der Waals surface area contributed by atoms with Crippen LogP contribution in [-0.4, -0.2) is 37.6 Å². The molecule has 0 unspecified atom stereocenters. The van der Waals surface area contributed by atoms with Crippen LogP contribution in [0.15, 0.2) is 42.5 Å². The Kier molecular flexibility index (Phi) is 6.52. The zero-order valence-corrected chi connectivity index (χ0v) is 17.4. The van der Waals surface area contributed by atoms with Crippen LogP contribution in [0.25, 0.3) is 0 Å². The Hall–Kier alpha value is -2.78. The fourth-order valence-corrected chi connectivity index (χ4v) is 5.11. The maximum Gasteiger partial charge on any atom is 0.249 e. The second kappa shape index (κ2) is 8.93. The minimum atomic E-state index is -3.55. The number of primary amides is 1. The summed E-state index contributed by atoms with van der Waals surface area (Å²) < 4.78 is 39.7. The van der Waals surface area contributed by atoms with Gasteiger partial charge in [0.1, 0.15) is 5.82 Å². The first kappa shape index (κ1) is 21.9. The summed E-state index contributed by atoms with van der Waals surface area (Å²) in [6.45, 7) is 2.18. The molecule has 1 fully saturated rings. The maximum absolute atomic E-state index is 13.0. The third kappa shape index (κ3) is 5.03. The van der Waals surface area contributed by atoms with Gasteiger partial charge < -0.3 is 11.1 Å². The molecule has 0 saturated carbocycles. The van der Waals surface area contributed by atoms with Crippen LogP contribution in [0, 0.1) is 18.7 Å². The van der Waals surface area contributed by atoms with Crippen molar-refractivity contribution in [3.8, 4) is 0 Å².